The maximum Gasteiger partial charge on any atom is -0.0113 e. The van der Waals surface area contributed by atoms with Crippen molar-refractivity contribution in [2.75, 3.05) is 0 Å². The molecule has 1 rings (SSSR count). The van der Waals surface area contributed by atoms with Crippen LogP contribution in [0, 0.1) is 12.3 Å². The van der Waals surface area contributed by atoms with Crippen molar-refractivity contribution >= 4 is 0 Å². The first-order valence-corrected chi connectivity index (χ1v) is 6.07. The summed E-state index contributed by atoms with van der Waals surface area (Å²) in [4.78, 5) is 0. The molecule has 0 nitrogen and oxygen atoms in total. The van der Waals surface area contributed by atoms with E-state index in [9.17, 15) is 0 Å². The summed E-state index contributed by atoms with van der Waals surface area (Å²) < 4.78 is 0. The molecule has 0 saturated carbocycles. The largest absolute Gasteiger partial charge is 0.0776 e. The van der Waals surface area contributed by atoms with Gasteiger partial charge >= 0.3 is 0 Å². The lowest BCUT2D eigenvalue weighted by Crippen LogP contribution is -2.20. The lowest BCUT2D eigenvalue weighted by molar-refractivity contribution is 0.267. The van der Waals surface area contributed by atoms with Gasteiger partial charge < -0.3 is 0 Å². The Kier molecular flexibility index (Phi) is 8.23. The topological polar surface area (TPSA) is 0 Å². The number of aryl methyl sites for hydroxylation is 1. The van der Waals surface area contributed by atoms with Gasteiger partial charge in [0, 0.05) is 0 Å². The highest BCUT2D eigenvalue weighted by molar-refractivity contribution is 5.25. The van der Waals surface area contributed by atoms with E-state index in [0.717, 1.165) is 0 Å². The van der Waals surface area contributed by atoms with E-state index < -0.39 is 0 Å². The van der Waals surface area contributed by atoms with E-state index in [-0.39, 0.29) is 14.9 Å². The summed E-state index contributed by atoms with van der Waals surface area (Å²) in [6.45, 7) is 11.5. The zero-order valence-electron chi connectivity index (χ0n) is 10.8. The molecule has 0 heterocycles. The monoisotopic (exact) mass is 236 g/mol. The van der Waals surface area contributed by atoms with Gasteiger partial charge in [0.1, 0.15) is 0 Å². The van der Waals surface area contributed by atoms with Crippen molar-refractivity contribution < 1.29 is 0 Å². The molecule has 0 amide bonds. The molecule has 1 aromatic carbocycles. The van der Waals surface area contributed by atoms with E-state index in [1.54, 1.807) is 0 Å². The first-order valence-electron chi connectivity index (χ1n) is 6.07. The number of hydrogen-bond donors (Lipinski definition) is 0. The summed E-state index contributed by atoms with van der Waals surface area (Å²) in [6.07, 6.45) is 2.46. The van der Waals surface area contributed by atoms with Gasteiger partial charge in [-0.2, -0.15) is 0 Å². The molecule has 1 atom stereocenters. The van der Waals surface area contributed by atoms with E-state index >= 15 is 0 Å². The normalized spacial score (nSPS) is 12.3. The minimum atomic E-state index is 0. The summed E-state index contributed by atoms with van der Waals surface area (Å²) in [5.74, 6) is 0.683. The molecule has 0 radical (unpaired) electrons. The van der Waals surface area contributed by atoms with Crippen LogP contribution < -0.4 is 0 Å². The Morgan fingerprint density at radius 2 is 1.47 bits per heavy atom. The Bertz CT molecular complexity index is 292. The molecule has 0 saturated heterocycles. The molecular weight excluding hydrogens is 204 g/mol. The van der Waals surface area contributed by atoms with Gasteiger partial charge in [0.15, 0.2) is 0 Å². The standard InChI is InChI=1S/C15H24.2CH4/c1-6-14(15(4,5)7-2)13-10-8-12(3)9-11-13;;/h8-11,14H,6-7H2,1-5H3;2*1H4. The highest BCUT2D eigenvalue weighted by Crippen LogP contribution is 2.40. The predicted octanol–water partition coefficient (Wildman–Crippen LogP) is 6.20. The zero-order chi connectivity index (χ0) is 11.5. The van der Waals surface area contributed by atoms with Gasteiger partial charge in [-0.15, -0.1) is 0 Å². The van der Waals surface area contributed by atoms with E-state index in [1.807, 2.05) is 0 Å². The zero-order valence-corrected chi connectivity index (χ0v) is 10.8. The highest BCUT2D eigenvalue weighted by atomic mass is 14.3. The van der Waals surface area contributed by atoms with Gasteiger partial charge in [-0.1, -0.05) is 78.8 Å². The number of benzene rings is 1. The van der Waals surface area contributed by atoms with E-state index in [4.69, 9.17) is 0 Å². The molecule has 1 unspecified atom stereocenters. The molecule has 0 N–H and O–H groups in total. The van der Waals surface area contributed by atoms with Gasteiger partial charge in [-0.3, -0.25) is 0 Å². The minimum Gasteiger partial charge on any atom is -0.0776 e. The van der Waals surface area contributed by atoms with Crippen molar-refractivity contribution in [2.45, 2.75) is 68.2 Å². The molecule has 0 spiro atoms. The van der Waals surface area contributed by atoms with Crippen molar-refractivity contribution in [2.24, 2.45) is 5.41 Å². The van der Waals surface area contributed by atoms with Gasteiger partial charge in [0.05, 0.1) is 0 Å². The van der Waals surface area contributed by atoms with E-state index in [0.29, 0.717) is 11.3 Å². The fourth-order valence-corrected chi connectivity index (χ4v) is 2.28. The van der Waals surface area contributed by atoms with Crippen LogP contribution in [0.25, 0.3) is 0 Å². The second kappa shape index (κ2) is 7.53. The molecule has 0 fully saturated rings. The van der Waals surface area contributed by atoms with Crippen molar-refractivity contribution in [3.05, 3.63) is 35.4 Å². The smallest absolute Gasteiger partial charge is 0.0113 e. The third-order valence-electron chi connectivity index (χ3n) is 3.74. The lowest BCUT2D eigenvalue weighted by atomic mass is 9.72. The molecule has 1 aromatic rings. The van der Waals surface area contributed by atoms with Crippen LogP contribution in [0.5, 0.6) is 0 Å². The summed E-state index contributed by atoms with van der Waals surface area (Å²) in [7, 11) is 0. The van der Waals surface area contributed by atoms with E-state index in [2.05, 4.69) is 58.9 Å². The third kappa shape index (κ3) is 4.53. The Morgan fingerprint density at radius 1 is 1.00 bits per heavy atom. The number of hydrogen-bond acceptors (Lipinski definition) is 0. The van der Waals surface area contributed by atoms with Crippen molar-refractivity contribution in [3.63, 3.8) is 0 Å². The average molecular weight is 236 g/mol. The maximum absolute atomic E-state index is 2.38. The molecule has 0 bridgehead atoms. The van der Waals surface area contributed by atoms with Crippen LogP contribution in [0.15, 0.2) is 24.3 Å². The Balaban J connectivity index is 0. The average Bonchev–Trinajstić information content (AvgIpc) is 2.22. The Morgan fingerprint density at radius 3 is 1.82 bits per heavy atom. The van der Waals surface area contributed by atoms with Crippen LogP contribution in [0.1, 0.15) is 72.4 Å². The molecule has 0 aromatic heterocycles. The molecule has 0 aliphatic carbocycles. The number of rotatable bonds is 4. The molecule has 0 heteroatoms. The van der Waals surface area contributed by atoms with Gasteiger partial charge in [0.25, 0.3) is 0 Å². The van der Waals surface area contributed by atoms with Crippen LogP contribution in [0.4, 0.5) is 0 Å². The summed E-state index contributed by atoms with van der Waals surface area (Å²) in [6, 6.07) is 9.04. The third-order valence-corrected chi connectivity index (χ3v) is 3.74. The van der Waals surface area contributed by atoms with Gasteiger partial charge in [0.2, 0.25) is 0 Å². The second-order valence-corrected chi connectivity index (χ2v) is 5.21. The molecule has 100 valence electrons. The predicted molar refractivity (Wildman–Crippen MR) is 81.7 cm³/mol. The van der Waals surface area contributed by atoms with Crippen molar-refractivity contribution in [3.8, 4) is 0 Å². The first-order chi connectivity index (χ1) is 7.01. The molecule has 0 aliphatic heterocycles. The molecule has 0 aliphatic rings. The Labute approximate surface area is 109 Å². The highest BCUT2D eigenvalue weighted by Gasteiger charge is 2.27. The maximum atomic E-state index is 2.38. The molecule has 17 heavy (non-hydrogen) atoms. The summed E-state index contributed by atoms with van der Waals surface area (Å²) in [5.41, 5.74) is 3.25. The molecular formula is C17H32. The second-order valence-electron chi connectivity index (χ2n) is 5.21. The van der Waals surface area contributed by atoms with Crippen molar-refractivity contribution in [1.82, 2.24) is 0 Å². The summed E-state index contributed by atoms with van der Waals surface area (Å²) >= 11 is 0. The SMILES string of the molecule is C.C.CCC(c1ccc(C)cc1)C(C)(C)CC. The van der Waals surface area contributed by atoms with Crippen LogP contribution in [0.2, 0.25) is 0 Å². The van der Waals surface area contributed by atoms with Gasteiger partial charge in [-0.05, 0) is 30.2 Å². The van der Waals surface area contributed by atoms with Gasteiger partial charge in [-0.25, -0.2) is 0 Å². The lowest BCUT2D eigenvalue weighted by Gasteiger charge is -2.33. The fraction of sp³-hybridized carbons (Fsp3) is 0.647. The van der Waals surface area contributed by atoms with Crippen LogP contribution in [-0.4, -0.2) is 0 Å². The van der Waals surface area contributed by atoms with Crippen LogP contribution >= 0.6 is 0 Å². The van der Waals surface area contributed by atoms with Crippen LogP contribution in [0.3, 0.4) is 0 Å². The van der Waals surface area contributed by atoms with Crippen LogP contribution in [-0.2, 0) is 0 Å². The first kappa shape index (κ1) is 18.6. The fourth-order valence-electron chi connectivity index (χ4n) is 2.28. The van der Waals surface area contributed by atoms with Crippen molar-refractivity contribution in [1.29, 1.82) is 0 Å². The minimum absolute atomic E-state index is 0. The summed E-state index contributed by atoms with van der Waals surface area (Å²) in [5, 5.41) is 0. The van der Waals surface area contributed by atoms with E-state index in [1.165, 1.54) is 24.0 Å². The Hall–Kier alpha value is -0.780. The quantitative estimate of drug-likeness (QED) is 0.584.